The predicted molar refractivity (Wildman–Crippen MR) is 80.5 cm³/mol. The van der Waals surface area contributed by atoms with Gasteiger partial charge in [-0.1, -0.05) is 13.0 Å². The topological polar surface area (TPSA) is 52.2 Å². The molecule has 0 N–H and O–H groups in total. The third-order valence-electron chi connectivity index (χ3n) is 3.64. The Balaban J connectivity index is 1.91. The van der Waals surface area contributed by atoms with E-state index in [9.17, 15) is 4.79 Å². The molecule has 3 heterocycles. The number of Topliss-reactive ketones (excluding diaryl/α,β-unsaturated/α-hetero) is 1. The largest absolute Gasteiger partial charge is 0.294 e. The highest BCUT2D eigenvalue weighted by molar-refractivity contribution is 6.03. The fourth-order valence-electron chi connectivity index (χ4n) is 2.51. The molecule has 0 aliphatic carbocycles. The molecule has 0 aromatic carbocycles. The Labute approximate surface area is 123 Å². The van der Waals surface area contributed by atoms with E-state index in [1.54, 1.807) is 10.7 Å². The van der Waals surface area contributed by atoms with Crippen LogP contribution in [0.3, 0.4) is 0 Å². The highest BCUT2D eigenvalue weighted by Crippen LogP contribution is 2.15. The van der Waals surface area contributed by atoms with Crippen LogP contribution in [0.4, 0.5) is 0 Å². The molecule has 0 amide bonds. The first-order chi connectivity index (χ1) is 10.2. The molecule has 3 aromatic heterocycles. The number of nitrogens with zero attached hydrogens (tertiary/aromatic N) is 4. The van der Waals surface area contributed by atoms with Crippen LogP contribution >= 0.6 is 0 Å². The van der Waals surface area contributed by atoms with E-state index in [0.717, 1.165) is 29.9 Å². The molecule has 0 atom stereocenters. The van der Waals surface area contributed by atoms with Crippen LogP contribution in [-0.2, 0) is 19.4 Å². The van der Waals surface area contributed by atoms with Gasteiger partial charge in [-0.25, -0.2) is 4.52 Å². The van der Waals surface area contributed by atoms with Crippen molar-refractivity contribution in [3.63, 3.8) is 0 Å². The number of hydrogen-bond donors (Lipinski definition) is 0. The summed E-state index contributed by atoms with van der Waals surface area (Å²) in [5, 5.41) is 8.71. The molecule has 0 unspecified atom stereocenters. The molecule has 0 saturated carbocycles. The average Bonchev–Trinajstić information content (AvgIpc) is 3.10. The van der Waals surface area contributed by atoms with E-state index in [4.69, 9.17) is 0 Å². The Hall–Kier alpha value is -2.43. The lowest BCUT2D eigenvalue weighted by molar-refractivity contribution is 0.0992. The van der Waals surface area contributed by atoms with Gasteiger partial charge < -0.3 is 0 Å². The average molecular weight is 282 g/mol. The Bertz CT molecular complexity index is 785. The minimum absolute atomic E-state index is 0.0773. The summed E-state index contributed by atoms with van der Waals surface area (Å²) in [6.45, 7) is 4.88. The van der Waals surface area contributed by atoms with Gasteiger partial charge >= 0.3 is 0 Å². The van der Waals surface area contributed by atoms with Gasteiger partial charge in [0.15, 0.2) is 5.78 Å². The fourth-order valence-corrected chi connectivity index (χ4v) is 2.51. The standard InChI is InChI=1S/C16H18N4O/c1-3-12-9-13(19(4-2)18-12)10-16(21)14-11-17-20-8-6-5-7-15(14)20/h5-9,11H,3-4,10H2,1-2H3. The summed E-state index contributed by atoms with van der Waals surface area (Å²) in [7, 11) is 0. The fraction of sp³-hybridized carbons (Fsp3) is 0.312. The van der Waals surface area contributed by atoms with Crippen molar-refractivity contribution in [2.24, 2.45) is 0 Å². The van der Waals surface area contributed by atoms with E-state index < -0.39 is 0 Å². The zero-order valence-corrected chi connectivity index (χ0v) is 12.3. The Morgan fingerprint density at radius 3 is 2.90 bits per heavy atom. The number of aryl methyl sites for hydroxylation is 2. The number of pyridine rings is 1. The zero-order valence-electron chi connectivity index (χ0n) is 12.3. The van der Waals surface area contributed by atoms with Crippen LogP contribution in [0.2, 0.25) is 0 Å². The molecule has 0 saturated heterocycles. The summed E-state index contributed by atoms with van der Waals surface area (Å²) in [6.07, 6.45) is 4.73. The maximum absolute atomic E-state index is 12.6. The number of ketones is 1. The molecule has 0 radical (unpaired) electrons. The SMILES string of the molecule is CCc1cc(CC(=O)c2cnn3ccccc23)n(CC)n1. The van der Waals surface area contributed by atoms with Gasteiger partial charge in [0.05, 0.1) is 29.4 Å². The molecule has 0 bridgehead atoms. The summed E-state index contributed by atoms with van der Waals surface area (Å²) in [5.74, 6) is 0.0773. The Morgan fingerprint density at radius 2 is 2.14 bits per heavy atom. The molecule has 0 spiro atoms. The van der Waals surface area contributed by atoms with Gasteiger partial charge in [0, 0.05) is 18.4 Å². The monoisotopic (exact) mass is 282 g/mol. The maximum atomic E-state index is 12.6. The van der Waals surface area contributed by atoms with Gasteiger partial charge in [-0.3, -0.25) is 9.48 Å². The second kappa shape index (κ2) is 5.52. The van der Waals surface area contributed by atoms with Gasteiger partial charge in [0.25, 0.3) is 0 Å². The molecule has 108 valence electrons. The van der Waals surface area contributed by atoms with Crippen LogP contribution in [0.1, 0.15) is 35.6 Å². The van der Waals surface area contributed by atoms with Gasteiger partial charge in [-0.2, -0.15) is 10.2 Å². The van der Waals surface area contributed by atoms with E-state index in [-0.39, 0.29) is 5.78 Å². The van der Waals surface area contributed by atoms with Crippen molar-refractivity contribution in [1.29, 1.82) is 0 Å². The molecule has 3 rings (SSSR count). The quantitative estimate of drug-likeness (QED) is 0.676. The van der Waals surface area contributed by atoms with E-state index in [1.165, 1.54) is 0 Å². The molecule has 0 fully saturated rings. The Morgan fingerprint density at radius 1 is 1.29 bits per heavy atom. The van der Waals surface area contributed by atoms with Crippen molar-refractivity contribution in [2.45, 2.75) is 33.2 Å². The van der Waals surface area contributed by atoms with Crippen molar-refractivity contribution in [3.05, 3.63) is 53.6 Å². The van der Waals surface area contributed by atoms with Gasteiger partial charge in [0.2, 0.25) is 0 Å². The summed E-state index contributed by atoms with van der Waals surface area (Å²) in [6, 6.07) is 7.75. The first kappa shape index (κ1) is 13.5. The first-order valence-corrected chi connectivity index (χ1v) is 7.24. The summed E-state index contributed by atoms with van der Waals surface area (Å²) in [5.41, 5.74) is 3.51. The van der Waals surface area contributed by atoms with Crippen LogP contribution in [0.15, 0.2) is 36.7 Å². The van der Waals surface area contributed by atoms with Crippen molar-refractivity contribution in [3.8, 4) is 0 Å². The lowest BCUT2D eigenvalue weighted by atomic mass is 10.1. The van der Waals surface area contributed by atoms with Gasteiger partial charge in [0.1, 0.15) is 0 Å². The minimum atomic E-state index is 0.0773. The lowest BCUT2D eigenvalue weighted by Crippen LogP contribution is -2.09. The number of rotatable bonds is 5. The Kier molecular flexibility index (Phi) is 3.56. The van der Waals surface area contributed by atoms with Crippen LogP contribution in [0.25, 0.3) is 5.52 Å². The zero-order chi connectivity index (χ0) is 14.8. The third-order valence-corrected chi connectivity index (χ3v) is 3.64. The minimum Gasteiger partial charge on any atom is -0.294 e. The van der Waals surface area contributed by atoms with E-state index >= 15 is 0 Å². The van der Waals surface area contributed by atoms with E-state index in [1.807, 2.05) is 42.1 Å². The number of carbonyl (C=O) groups excluding carboxylic acids is 1. The van der Waals surface area contributed by atoms with Gasteiger partial charge in [-0.05, 0) is 31.5 Å². The summed E-state index contributed by atoms with van der Waals surface area (Å²) in [4.78, 5) is 12.6. The predicted octanol–water partition coefficient (Wildman–Crippen LogP) is 2.54. The van der Waals surface area contributed by atoms with E-state index in [0.29, 0.717) is 12.0 Å². The van der Waals surface area contributed by atoms with Crippen molar-refractivity contribution >= 4 is 11.3 Å². The highest BCUT2D eigenvalue weighted by Gasteiger charge is 2.16. The molecular weight excluding hydrogens is 264 g/mol. The van der Waals surface area contributed by atoms with E-state index in [2.05, 4.69) is 17.1 Å². The molecule has 0 aliphatic rings. The molecular formula is C16H18N4O. The molecule has 3 aromatic rings. The summed E-state index contributed by atoms with van der Waals surface area (Å²) < 4.78 is 3.63. The van der Waals surface area contributed by atoms with Crippen molar-refractivity contribution < 1.29 is 4.79 Å². The first-order valence-electron chi connectivity index (χ1n) is 7.24. The number of aromatic nitrogens is 4. The number of fused-ring (bicyclic) bond motifs is 1. The molecule has 5 heteroatoms. The van der Waals surface area contributed by atoms with Crippen LogP contribution < -0.4 is 0 Å². The van der Waals surface area contributed by atoms with Crippen LogP contribution in [0.5, 0.6) is 0 Å². The van der Waals surface area contributed by atoms with Crippen molar-refractivity contribution in [2.75, 3.05) is 0 Å². The van der Waals surface area contributed by atoms with Crippen molar-refractivity contribution in [1.82, 2.24) is 19.4 Å². The third kappa shape index (κ3) is 2.46. The second-order valence-electron chi connectivity index (χ2n) is 4.98. The number of carbonyl (C=O) groups is 1. The number of hydrogen-bond acceptors (Lipinski definition) is 3. The molecule has 21 heavy (non-hydrogen) atoms. The highest BCUT2D eigenvalue weighted by atomic mass is 16.1. The normalized spacial score (nSPS) is 11.1. The molecule has 5 nitrogen and oxygen atoms in total. The second-order valence-corrected chi connectivity index (χ2v) is 4.98. The van der Waals surface area contributed by atoms with Crippen LogP contribution in [-0.4, -0.2) is 25.2 Å². The maximum Gasteiger partial charge on any atom is 0.172 e. The lowest BCUT2D eigenvalue weighted by Gasteiger charge is -2.03. The smallest absolute Gasteiger partial charge is 0.172 e. The summed E-state index contributed by atoms with van der Waals surface area (Å²) >= 11 is 0. The van der Waals surface area contributed by atoms with Crippen LogP contribution in [0, 0.1) is 0 Å². The van der Waals surface area contributed by atoms with Gasteiger partial charge in [-0.15, -0.1) is 0 Å². The molecule has 0 aliphatic heterocycles.